The van der Waals surface area contributed by atoms with Crippen LogP contribution in [0.4, 0.5) is 0 Å². The topological polar surface area (TPSA) is 43.3 Å². The van der Waals surface area contributed by atoms with Crippen molar-refractivity contribution in [3.63, 3.8) is 0 Å². The largest absolute Gasteiger partial charge is 0.383 e. The normalized spacial score (nSPS) is 9.88. The van der Waals surface area contributed by atoms with Gasteiger partial charge in [0.1, 0.15) is 5.69 Å². The molecule has 0 spiro atoms. The third-order valence-electron chi connectivity index (χ3n) is 2.38. The molecular formula is C13H18N2O2. The molecule has 1 amide bonds. The molecule has 1 aromatic heterocycles. The maximum Gasteiger partial charge on any atom is 0.267 e. The van der Waals surface area contributed by atoms with E-state index < -0.39 is 0 Å². The Hall–Kier alpha value is -1.73. The minimum absolute atomic E-state index is 0.0666. The van der Waals surface area contributed by atoms with Crippen LogP contribution in [0.1, 0.15) is 23.3 Å². The summed E-state index contributed by atoms with van der Waals surface area (Å²) in [4.78, 5) is 11.8. The highest BCUT2D eigenvalue weighted by atomic mass is 16.5. The molecule has 1 rings (SSSR count). The van der Waals surface area contributed by atoms with Gasteiger partial charge < -0.3 is 14.6 Å². The quantitative estimate of drug-likeness (QED) is 0.570. The van der Waals surface area contributed by atoms with Crippen LogP contribution in [-0.2, 0) is 11.3 Å². The smallest absolute Gasteiger partial charge is 0.267 e. The van der Waals surface area contributed by atoms with Gasteiger partial charge in [0.2, 0.25) is 0 Å². The molecule has 1 N–H and O–H groups in total. The van der Waals surface area contributed by atoms with Crippen molar-refractivity contribution in [1.82, 2.24) is 9.88 Å². The SMILES string of the molecule is C#CCCCNC(=O)c1cccn1CCOC. The molecule has 92 valence electrons. The lowest BCUT2D eigenvalue weighted by Crippen LogP contribution is -2.27. The highest BCUT2D eigenvalue weighted by Crippen LogP contribution is 2.02. The Balaban J connectivity index is 2.45. The Morgan fingerprint density at radius 2 is 2.47 bits per heavy atom. The number of terminal acetylenes is 1. The van der Waals surface area contributed by atoms with Gasteiger partial charge in [0.15, 0.2) is 0 Å². The van der Waals surface area contributed by atoms with E-state index in [0.717, 1.165) is 6.42 Å². The average molecular weight is 234 g/mol. The summed E-state index contributed by atoms with van der Waals surface area (Å²) in [5.41, 5.74) is 0.655. The molecule has 1 aromatic rings. The molecule has 0 bridgehead atoms. The zero-order chi connectivity index (χ0) is 12.5. The van der Waals surface area contributed by atoms with Crippen LogP contribution in [0.5, 0.6) is 0 Å². The van der Waals surface area contributed by atoms with Crippen LogP contribution in [0.3, 0.4) is 0 Å². The van der Waals surface area contributed by atoms with Gasteiger partial charge >= 0.3 is 0 Å². The summed E-state index contributed by atoms with van der Waals surface area (Å²) >= 11 is 0. The summed E-state index contributed by atoms with van der Waals surface area (Å²) in [5, 5.41) is 2.84. The predicted molar refractivity (Wildman–Crippen MR) is 66.7 cm³/mol. The van der Waals surface area contributed by atoms with Crippen LogP contribution >= 0.6 is 0 Å². The third kappa shape index (κ3) is 4.33. The number of rotatable bonds is 7. The average Bonchev–Trinajstić information content (AvgIpc) is 2.80. The first-order valence-electron chi connectivity index (χ1n) is 5.65. The molecule has 0 fully saturated rings. The Morgan fingerprint density at radius 1 is 1.65 bits per heavy atom. The number of unbranched alkanes of at least 4 members (excludes halogenated alkanes) is 1. The molecule has 0 radical (unpaired) electrons. The Morgan fingerprint density at radius 3 is 3.18 bits per heavy atom. The first-order chi connectivity index (χ1) is 8.29. The van der Waals surface area contributed by atoms with Gasteiger partial charge in [-0.1, -0.05) is 0 Å². The molecule has 1 heterocycles. The third-order valence-corrected chi connectivity index (χ3v) is 2.38. The van der Waals surface area contributed by atoms with Crippen molar-refractivity contribution >= 4 is 5.91 Å². The lowest BCUT2D eigenvalue weighted by molar-refractivity contribution is 0.0941. The van der Waals surface area contributed by atoms with E-state index in [-0.39, 0.29) is 5.91 Å². The highest BCUT2D eigenvalue weighted by molar-refractivity contribution is 5.92. The van der Waals surface area contributed by atoms with Gasteiger partial charge in [-0.2, -0.15) is 0 Å². The molecule has 0 unspecified atom stereocenters. The van der Waals surface area contributed by atoms with Gasteiger partial charge in [-0.15, -0.1) is 12.3 Å². The number of hydrogen-bond donors (Lipinski definition) is 1. The summed E-state index contributed by atoms with van der Waals surface area (Å²) in [6.07, 6.45) is 8.50. The van der Waals surface area contributed by atoms with E-state index in [4.69, 9.17) is 11.2 Å². The van der Waals surface area contributed by atoms with E-state index in [2.05, 4.69) is 11.2 Å². The molecule has 0 aliphatic carbocycles. The molecule has 17 heavy (non-hydrogen) atoms. The van der Waals surface area contributed by atoms with Gasteiger partial charge in [-0.05, 0) is 18.6 Å². The number of amides is 1. The number of carbonyl (C=O) groups is 1. The van der Waals surface area contributed by atoms with Crippen LogP contribution in [0.25, 0.3) is 0 Å². The van der Waals surface area contributed by atoms with Crippen LogP contribution in [0.15, 0.2) is 18.3 Å². The number of nitrogens with one attached hydrogen (secondary N) is 1. The Bertz CT molecular complexity index is 390. The first kappa shape index (κ1) is 13.3. The minimum atomic E-state index is -0.0666. The van der Waals surface area contributed by atoms with Crippen molar-refractivity contribution < 1.29 is 9.53 Å². The van der Waals surface area contributed by atoms with E-state index in [9.17, 15) is 4.79 Å². The van der Waals surface area contributed by atoms with E-state index in [1.165, 1.54) is 0 Å². The van der Waals surface area contributed by atoms with Gasteiger partial charge in [0.25, 0.3) is 5.91 Å². The van der Waals surface area contributed by atoms with Crippen molar-refractivity contribution in [3.05, 3.63) is 24.0 Å². The van der Waals surface area contributed by atoms with Gasteiger partial charge in [-0.3, -0.25) is 4.79 Å². The van der Waals surface area contributed by atoms with Crippen LogP contribution in [0, 0.1) is 12.3 Å². The molecule has 0 saturated heterocycles. The lowest BCUT2D eigenvalue weighted by Gasteiger charge is -2.08. The van der Waals surface area contributed by atoms with Gasteiger partial charge in [-0.25, -0.2) is 0 Å². The van der Waals surface area contributed by atoms with Crippen molar-refractivity contribution in [3.8, 4) is 12.3 Å². The summed E-state index contributed by atoms with van der Waals surface area (Å²) in [6, 6.07) is 3.65. The monoisotopic (exact) mass is 234 g/mol. The molecule has 0 aromatic carbocycles. The summed E-state index contributed by atoms with van der Waals surface area (Å²) in [7, 11) is 1.64. The number of aromatic nitrogens is 1. The summed E-state index contributed by atoms with van der Waals surface area (Å²) < 4.78 is 6.86. The predicted octanol–water partition coefficient (Wildman–Crippen LogP) is 1.28. The number of nitrogens with zero attached hydrogens (tertiary/aromatic N) is 1. The molecule has 0 aliphatic heterocycles. The second kappa shape index (κ2) is 7.53. The maximum atomic E-state index is 11.8. The second-order valence-electron chi connectivity index (χ2n) is 3.64. The van der Waals surface area contributed by atoms with Gasteiger partial charge in [0, 0.05) is 32.8 Å². The molecule has 4 heteroatoms. The molecule has 0 saturated carbocycles. The van der Waals surface area contributed by atoms with Crippen LogP contribution in [-0.4, -0.2) is 30.7 Å². The Labute approximate surface area is 102 Å². The fraction of sp³-hybridized carbons (Fsp3) is 0.462. The zero-order valence-electron chi connectivity index (χ0n) is 10.1. The molecule has 0 aliphatic rings. The Kier molecular flexibility index (Phi) is 5.91. The van der Waals surface area contributed by atoms with Gasteiger partial charge in [0.05, 0.1) is 6.61 Å². The number of methoxy groups -OCH3 is 1. The zero-order valence-corrected chi connectivity index (χ0v) is 10.1. The summed E-state index contributed by atoms with van der Waals surface area (Å²) in [6.45, 7) is 1.88. The molecule has 0 atom stereocenters. The fourth-order valence-electron chi connectivity index (χ4n) is 1.49. The van der Waals surface area contributed by atoms with Crippen molar-refractivity contribution in [2.75, 3.05) is 20.3 Å². The minimum Gasteiger partial charge on any atom is -0.383 e. The lowest BCUT2D eigenvalue weighted by atomic mass is 10.3. The van der Waals surface area contributed by atoms with Crippen LogP contribution < -0.4 is 5.32 Å². The van der Waals surface area contributed by atoms with Crippen molar-refractivity contribution in [1.29, 1.82) is 0 Å². The molecule has 4 nitrogen and oxygen atoms in total. The van der Waals surface area contributed by atoms with E-state index in [1.807, 2.05) is 16.8 Å². The van der Waals surface area contributed by atoms with Crippen molar-refractivity contribution in [2.24, 2.45) is 0 Å². The van der Waals surface area contributed by atoms with E-state index >= 15 is 0 Å². The van der Waals surface area contributed by atoms with E-state index in [0.29, 0.717) is 31.8 Å². The standard InChI is InChI=1S/C13H18N2O2/c1-3-4-5-8-14-13(16)12-7-6-9-15(12)10-11-17-2/h1,6-7,9H,4-5,8,10-11H2,2H3,(H,14,16). The number of ether oxygens (including phenoxy) is 1. The summed E-state index contributed by atoms with van der Waals surface area (Å²) in [5.74, 6) is 2.48. The van der Waals surface area contributed by atoms with Crippen molar-refractivity contribution in [2.45, 2.75) is 19.4 Å². The fourth-order valence-corrected chi connectivity index (χ4v) is 1.49. The highest BCUT2D eigenvalue weighted by Gasteiger charge is 2.09. The number of carbonyl (C=O) groups excluding carboxylic acids is 1. The second-order valence-corrected chi connectivity index (χ2v) is 3.64. The van der Waals surface area contributed by atoms with Crippen LogP contribution in [0.2, 0.25) is 0 Å². The maximum absolute atomic E-state index is 11.8. The number of hydrogen-bond acceptors (Lipinski definition) is 2. The first-order valence-corrected chi connectivity index (χ1v) is 5.65. The molecular weight excluding hydrogens is 216 g/mol. The van der Waals surface area contributed by atoms with E-state index in [1.54, 1.807) is 13.2 Å².